The molecule has 0 aliphatic carbocycles. The van der Waals surface area contributed by atoms with E-state index in [9.17, 15) is 0 Å². The highest BCUT2D eigenvalue weighted by Crippen LogP contribution is 2.16. The van der Waals surface area contributed by atoms with Crippen molar-refractivity contribution < 1.29 is 0 Å². The Balaban J connectivity index is 1.64. The van der Waals surface area contributed by atoms with Crippen LogP contribution in [0.2, 0.25) is 0 Å². The number of aromatic nitrogens is 2. The largest absolute Gasteiger partial charge is 0.357 e. The molecule has 1 aliphatic rings. The van der Waals surface area contributed by atoms with Crippen LogP contribution in [0.25, 0.3) is 5.65 Å². The SMILES string of the molecule is CCNC(=NCCc1cn2cccc(C)c2n1)N1CCC(C)CC1. The zero-order chi connectivity index (χ0) is 16.9. The van der Waals surface area contributed by atoms with E-state index in [1.165, 1.54) is 18.4 Å². The van der Waals surface area contributed by atoms with E-state index >= 15 is 0 Å². The highest BCUT2D eigenvalue weighted by Gasteiger charge is 2.18. The summed E-state index contributed by atoms with van der Waals surface area (Å²) in [5, 5.41) is 3.44. The number of fused-ring (bicyclic) bond motifs is 1. The molecule has 2 aromatic heterocycles. The first-order valence-electron chi connectivity index (χ1n) is 9.14. The maximum atomic E-state index is 4.83. The van der Waals surface area contributed by atoms with Gasteiger partial charge in [0.1, 0.15) is 5.65 Å². The van der Waals surface area contributed by atoms with E-state index in [0.29, 0.717) is 0 Å². The quantitative estimate of drug-likeness (QED) is 0.694. The van der Waals surface area contributed by atoms with E-state index < -0.39 is 0 Å². The number of hydrogen-bond donors (Lipinski definition) is 1. The summed E-state index contributed by atoms with van der Waals surface area (Å²) >= 11 is 0. The molecule has 0 amide bonds. The van der Waals surface area contributed by atoms with Gasteiger partial charge in [0.05, 0.1) is 5.69 Å². The fourth-order valence-corrected chi connectivity index (χ4v) is 3.25. The molecule has 3 rings (SSSR count). The molecule has 0 radical (unpaired) electrons. The molecule has 0 unspecified atom stereocenters. The number of nitrogens with one attached hydrogen (secondary N) is 1. The zero-order valence-electron chi connectivity index (χ0n) is 15.1. The molecule has 0 saturated carbocycles. The van der Waals surface area contributed by atoms with Gasteiger partial charge in [-0.3, -0.25) is 4.99 Å². The van der Waals surface area contributed by atoms with E-state index in [1.54, 1.807) is 0 Å². The number of likely N-dealkylation sites (tertiary alicyclic amines) is 1. The molecule has 130 valence electrons. The minimum atomic E-state index is 0.775. The van der Waals surface area contributed by atoms with Crippen molar-refractivity contribution in [1.82, 2.24) is 19.6 Å². The lowest BCUT2D eigenvalue weighted by atomic mass is 10.00. The molecule has 5 nitrogen and oxygen atoms in total. The molecular formula is C19H29N5. The molecule has 0 bridgehead atoms. The number of aliphatic imine (C=N–C) groups is 1. The van der Waals surface area contributed by atoms with Crippen molar-refractivity contribution in [2.45, 2.75) is 40.0 Å². The first-order chi connectivity index (χ1) is 11.7. The third-order valence-electron chi connectivity index (χ3n) is 4.78. The lowest BCUT2D eigenvalue weighted by Gasteiger charge is -2.33. The van der Waals surface area contributed by atoms with Crippen LogP contribution in [0, 0.1) is 12.8 Å². The molecule has 5 heteroatoms. The molecule has 0 spiro atoms. The summed E-state index contributed by atoms with van der Waals surface area (Å²) in [6.07, 6.45) is 7.57. The summed E-state index contributed by atoms with van der Waals surface area (Å²) < 4.78 is 2.10. The second-order valence-electron chi connectivity index (χ2n) is 6.81. The molecule has 0 aromatic carbocycles. The van der Waals surface area contributed by atoms with Crippen LogP contribution >= 0.6 is 0 Å². The van der Waals surface area contributed by atoms with Crippen molar-refractivity contribution in [3.8, 4) is 0 Å². The Morgan fingerprint density at radius 3 is 2.88 bits per heavy atom. The average Bonchev–Trinajstić information content (AvgIpc) is 2.99. The summed E-state index contributed by atoms with van der Waals surface area (Å²) in [6.45, 7) is 10.5. The average molecular weight is 327 g/mol. The first-order valence-corrected chi connectivity index (χ1v) is 9.14. The molecule has 1 N–H and O–H groups in total. The van der Waals surface area contributed by atoms with E-state index in [2.05, 4.69) is 59.9 Å². The number of imidazole rings is 1. The topological polar surface area (TPSA) is 44.9 Å². The summed E-state index contributed by atoms with van der Waals surface area (Å²) in [5.74, 6) is 1.90. The normalized spacial score (nSPS) is 16.8. The van der Waals surface area contributed by atoms with Crippen LogP contribution in [0.1, 0.15) is 37.9 Å². The van der Waals surface area contributed by atoms with Crippen molar-refractivity contribution in [2.24, 2.45) is 10.9 Å². The van der Waals surface area contributed by atoms with Crippen LogP contribution in [-0.4, -0.2) is 46.4 Å². The van der Waals surface area contributed by atoms with Crippen molar-refractivity contribution in [1.29, 1.82) is 0 Å². The second kappa shape index (κ2) is 7.69. The number of rotatable bonds is 4. The number of nitrogens with zero attached hydrogens (tertiary/aromatic N) is 4. The summed E-state index contributed by atoms with van der Waals surface area (Å²) in [4.78, 5) is 12.0. The number of pyridine rings is 1. The third-order valence-corrected chi connectivity index (χ3v) is 4.78. The first kappa shape index (κ1) is 16.8. The predicted molar refractivity (Wildman–Crippen MR) is 99.6 cm³/mol. The Kier molecular flexibility index (Phi) is 5.38. The number of piperidine rings is 1. The number of hydrogen-bond acceptors (Lipinski definition) is 2. The summed E-state index contributed by atoms with van der Waals surface area (Å²) in [6, 6.07) is 4.16. The van der Waals surface area contributed by atoms with Crippen LogP contribution in [0.3, 0.4) is 0 Å². The monoisotopic (exact) mass is 327 g/mol. The van der Waals surface area contributed by atoms with E-state index in [1.807, 2.05) is 0 Å². The van der Waals surface area contributed by atoms with Crippen molar-refractivity contribution in [3.05, 3.63) is 35.8 Å². The summed E-state index contributed by atoms with van der Waals surface area (Å²) in [7, 11) is 0. The molecule has 1 fully saturated rings. The van der Waals surface area contributed by atoms with Gasteiger partial charge in [0.25, 0.3) is 0 Å². The molecular weight excluding hydrogens is 298 g/mol. The highest BCUT2D eigenvalue weighted by molar-refractivity contribution is 5.80. The van der Waals surface area contributed by atoms with Crippen LogP contribution in [0.5, 0.6) is 0 Å². The van der Waals surface area contributed by atoms with Gasteiger partial charge in [-0.15, -0.1) is 0 Å². The van der Waals surface area contributed by atoms with E-state index in [-0.39, 0.29) is 0 Å². The predicted octanol–water partition coefficient (Wildman–Crippen LogP) is 2.88. The standard InChI is InChI=1S/C19H29N5/c1-4-20-19(23-12-8-15(2)9-13-23)21-10-7-17-14-24-11-5-6-16(3)18(24)22-17/h5-6,11,14-15H,4,7-10,12-13H2,1-3H3,(H,20,21). The number of guanidine groups is 1. The molecule has 1 saturated heterocycles. The van der Waals surface area contributed by atoms with Gasteiger partial charge in [0.2, 0.25) is 0 Å². The number of aryl methyl sites for hydroxylation is 1. The Morgan fingerprint density at radius 1 is 1.38 bits per heavy atom. The van der Waals surface area contributed by atoms with Gasteiger partial charge in [-0.05, 0) is 44.2 Å². The lowest BCUT2D eigenvalue weighted by Crippen LogP contribution is -2.45. The molecule has 24 heavy (non-hydrogen) atoms. The van der Waals surface area contributed by atoms with Crippen molar-refractivity contribution in [3.63, 3.8) is 0 Å². The lowest BCUT2D eigenvalue weighted by molar-refractivity contribution is 0.273. The van der Waals surface area contributed by atoms with Crippen LogP contribution < -0.4 is 5.32 Å². The second-order valence-corrected chi connectivity index (χ2v) is 6.81. The smallest absolute Gasteiger partial charge is 0.193 e. The van der Waals surface area contributed by atoms with E-state index in [4.69, 9.17) is 9.98 Å². The Hall–Kier alpha value is -2.04. The van der Waals surface area contributed by atoms with Gasteiger partial charge in [0, 0.05) is 45.0 Å². The van der Waals surface area contributed by atoms with Crippen molar-refractivity contribution >= 4 is 11.6 Å². The van der Waals surface area contributed by atoms with Gasteiger partial charge in [-0.1, -0.05) is 13.0 Å². The fourth-order valence-electron chi connectivity index (χ4n) is 3.25. The zero-order valence-corrected chi connectivity index (χ0v) is 15.1. The Labute approximate surface area is 144 Å². The van der Waals surface area contributed by atoms with Gasteiger partial charge in [-0.2, -0.15) is 0 Å². The van der Waals surface area contributed by atoms with Gasteiger partial charge < -0.3 is 14.6 Å². The van der Waals surface area contributed by atoms with Crippen LogP contribution in [0.15, 0.2) is 29.5 Å². The van der Waals surface area contributed by atoms with Crippen LogP contribution in [-0.2, 0) is 6.42 Å². The Bertz CT molecular complexity index is 695. The van der Waals surface area contributed by atoms with E-state index in [0.717, 1.165) is 55.8 Å². The van der Waals surface area contributed by atoms with Gasteiger partial charge in [-0.25, -0.2) is 4.98 Å². The maximum absolute atomic E-state index is 4.83. The molecule has 1 aliphatic heterocycles. The maximum Gasteiger partial charge on any atom is 0.193 e. The molecule has 2 aromatic rings. The van der Waals surface area contributed by atoms with Crippen molar-refractivity contribution in [2.75, 3.05) is 26.2 Å². The third kappa shape index (κ3) is 3.89. The Morgan fingerprint density at radius 2 is 2.17 bits per heavy atom. The minimum absolute atomic E-state index is 0.775. The highest BCUT2D eigenvalue weighted by atomic mass is 15.3. The minimum Gasteiger partial charge on any atom is -0.357 e. The van der Waals surface area contributed by atoms with Crippen LogP contribution in [0.4, 0.5) is 0 Å². The fraction of sp³-hybridized carbons (Fsp3) is 0.579. The molecule has 3 heterocycles. The summed E-state index contributed by atoms with van der Waals surface area (Å²) in [5.41, 5.74) is 3.37. The van der Waals surface area contributed by atoms with Gasteiger partial charge >= 0.3 is 0 Å². The van der Waals surface area contributed by atoms with Gasteiger partial charge in [0.15, 0.2) is 5.96 Å². The molecule has 0 atom stereocenters.